The van der Waals surface area contributed by atoms with Gasteiger partial charge in [-0.15, -0.1) is 0 Å². The molecule has 30 heavy (non-hydrogen) atoms. The minimum absolute atomic E-state index is 0. The lowest BCUT2D eigenvalue weighted by atomic mass is 9.94. The molecule has 0 bridgehead atoms. The van der Waals surface area contributed by atoms with Crippen LogP contribution in [-0.2, 0) is 10.2 Å². The quantitative estimate of drug-likeness (QED) is 0.513. The number of carbonyl (C=O) groups is 1. The Morgan fingerprint density at radius 3 is 2.70 bits per heavy atom. The number of H-pyrrole nitrogens is 1. The van der Waals surface area contributed by atoms with Gasteiger partial charge in [-0.05, 0) is 71.8 Å². The van der Waals surface area contributed by atoms with Gasteiger partial charge in [-0.2, -0.15) is 0 Å². The number of hydrogen-bond donors (Lipinski definition) is 2. The highest BCUT2D eigenvalue weighted by atomic mass is 16.7. The smallest absolute Gasteiger partial charge is 0.236 e. The van der Waals surface area contributed by atoms with Gasteiger partial charge >= 0.3 is 0 Å². The highest BCUT2D eigenvalue weighted by Gasteiger charge is 2.51. The highest BCUT2D eigenvalue weighted by Crippen LogP contribution is 2.51. The lowest BCUT2D eigenvalue weighted by molar-refractivity contribution is -0.118. The number of pyridine rings is 1. The number of nitrogens with zero attached hydrogens (tertiary/aromatic N) is 1. The summed E-state index contributed by atoms with van der Waals surface area (Å²) in [5.74, 6) is 1.95. The van der Waals surface area contributed by atoms with E-state index in [1.807, 2.05) is 42.6 Å². The number of hydrogen-bond acceptors (Lipinski definition) is 4. The second-order valence-electron chi connectivity index (χ2n) is 7.82. The normalized spacial score (nSPS) is 15.9. The molecular weight excluding hydrogens is 378 g/mol. The molecule has 6 heteroatoms. The Morgan fingerprint density at radius 2 is 1.87 bits per heavy atom. The van der Waals surface area contributed by atoms with Crippen molar-refractivity contribution in [1.82, 2.24) is 9.97 Å². The van der Waals surface area contributed by atoms with Gasteiger partial charge in [0.15, 0.2) is 11.5 Å². The molecule has 6 rings (SSSR count). The molecule has 1 fully saturated rings. The molecule has 0 radical (unpaired) electrons. The molecule has 1 saturated carbocycles. The molecule has 0 spiro atoms. The lowest BCUT2D eigenvalue weighted by Gasteiger charge is -2.16. The molecule has 150 valence electrons. The van der Waals surface area contributed by atoms with Crippen LogP contribution in [0.25, 0.3) is 22.0 Å². The Hall–Kier alpha value is -3.80. The molecule has 4 aromatic rings. The van der Waals surface area contributed by atoms with Crippen LogP contribution in [0.2, 0.25) is 0 Å². The van der Waals surface area contributed by atoms with Gasteiger partial charge in [-0.25, -0.2) is 4.98 Å². The van der Waals surface area contributed by atoms with Gasteiger partial charge in [0.1, 0.15) is 5.82 Å². The van der Waals surface area contributed by atoms with Crippen LogP contribution in [0.5, 0.6) is 11.5 Å². The average molecular weight is 399 g/mol. The Labute approximate surface area is 174 Å². The highest BCUT2D eigenvalue weighted by molar-refractivity contribution is 6.01. The van der Waals surface area contributed by atoms with Gasteiger partial charge in [-0.3, -0.25) is 4.79 Å². The Kier molecular flexibility index (Phi) is 3.62. The number of amides is 1. The summed E-state index contributed by atoms with van der Waals surface area (Å²) in [6.07, 6.45) is 5.35. The third-order valence-electron chi connectivity index (χ3n) is 6.00. The number of fused-ring (bicyclic) bond motifs is 2. The molecule has 6 nitrogen and oxygen atoms in total. The summed E-state index contributed by atoms with van der Waals surface area (Å²) in [5.41, 5.74) is 3.65. The minimum atomic E-state index is -0.513. The molecule has 2 aliphatic rings. The average Bonchev–Trinajstić information content (AvgIpc) is 3.23. The van der Waals surface area contributed by atoms with Crippen molar-refractivity contribution in [2.24, 2.45) is 0 Å². The third-order valence-corrected chi connectivity index (χ3v) is 6.00. The van der Waals surface area contributed by atoms with Crippen molar-refractivity contribution in [3.63, 3.8) is 0 Å². The standard InChI is InChI=1S/C24H19N3O3.H2/c28-23(24(8-9-24)18-3-5-20-21(12-18)30-14-29-20)27-22-6-2-17(13-26-22)15-1-4-19-16(11-15)7-10-25-19;/h1-7,10-13,25H,8-9,14H2,(H,26,27,28);1H. The fraction of sp³-hybridized carbons (Fsp3) is 0.167. The van der Waals surface area contributed by atoms with E-state index in [0.29, 0.717) is 11.6 Å². The van der Waals surface area contributed by atoms with Crippen LogP contribution in [0.3, 0.4) is 0 Å². The molecule has 0 unspecified atom stereocenters. The Balaban J connectivity index is 0.00000204. The summed E-state index contributed by atoms with van der Waals surface area (Å²) >= 11 is 0. The fourth-order valence-electron chi connectivity index (χ4n) is 4.07. The van der Waals surface area contributed by atoms with E-state index in [9.17, 15) is 4.79 Å². The van der Waals surface area contributed by atoms with Crippen LogP contribution in [-0.4, -0.2) is 22.7 Å². The van der Waals surface area contributed by atoms with Crippen LogP contribution in [0.1, 0.15) is 19.8 Å². The third kappa shape index (κ3) is 2.72. The van der Waals surface area contributed by atoms with Gasteiger partial charge in [0.2, 0.25) is 12.7 Å². The van der Waals surface area contributed by atoms with Gasteiger partial charge in [0.25, 0.3) is 0 Å². The first kappa shape index (κ1) is 17.1. The van der Waals surface area contributed by atoms with Crippen LogP contribution in [0.15, 0.2) is 67.0 Å². The number of nitrogens with one attached hydrogen (secondary N) is 2. The summed E-state index contributed by atoms with van der Waals surface area (Å²) in [6, 6.07) is 17.9. The summed E-state index contributed by atoms with van der Waals surface area (Å²) in [6.45, 7) is 0.227. The summed E-state index contributed by atoms with van der Waals surface area (Å²) in [4.78, 5) is 20.7. The zero-order valence-electron chi connectivity index (χ0n) is 16.1. The molecular formula is C24H21N3O3. The number of aromatic nitrogens is 2. The Bertz CT molecular complexity index is 1280. The SMILES string of the molecule is O=C(Nc1ccc(-c2ccc3[nH]ccc3c2)cn1)C1(c2ccc3c(c2)OCO3)CC1.[HH]. The van der Waals surface area contributed by atoms with Gasteiger partial charge < -0.3 is 19.8 Å². The zero-order chi connectivity index (χ0) is 20.1. The zero-order valence-corrected chi connectivity index (χ0v) is 16.1. The second-order valence-corrected chi connectivity index (χ2v) is 7.82. The predicted octanol–water partition coefficient (Wildman–Crippen LogP) is 4.87. The Morgan fingerprint density at radius 1 is 1.00 bits per heavy atom. The first-order chi connectivity index (χ1) is 14.7. The van der Waals surface area contributed by atoms with E-state index in [4.69, 9.17) is 9.47 Å². The lowest BCUT2D eigenvalue weighted by Crippen LogP contribution is -2.28. The maximum atomic E-state index is 13.0. The number of anilines is 1. The van der Waals surface area contributed by atoms with Gasteiger partial charge in [0.05, 0.1) is 5.41 Å². The molecule has 1 aliphatic carbocycles. The van der Waals surface area contributed by atoms with Crippen molar-refractivity contribution >= 4 is 22.6 Å². The molecule has 2 N–H and O–H groups in total. The molecule has 1 amide bonds. The maximum absolute atomic E-state index is 13.0. The van der Waals surface area contributed by atoms with Crippen LogP contribution in [0, 0.1) is 0 Å². The van der Waals surface area contributed by atoms with E-state index in [1.54, 1.807) is 6.20 Å². The molecule has 2 aromatic heterocycles. The maximum Gasteiger partial charge on any atom is 0.236 e. The first-order valence-electron chi connectivity index (χ1n) is 9.96. The van der Waals surface area contributed by atoms with Gasteiger partial charge in [0, 0.05) is 24.9 Å². The number of carbonyl (C=O) groups excluding carboxylic acids is 1. The van der Waals surface area contributed by atoms with Crippen molar-refractivity contribution in [3.05, 3.63) is 72.6 Å². The number of benzene rings is 2. The van der Waals surface area contributed by atoms with E-state index in [0.717, 1.165) is 46.2 Å². The molecule has 2 aromatic carbocycles. The fourth-order valence-corrected chi connectivity index (χ4v) is 4.07. The second kappa shape index (κ2) is 6.35. The van der Waals surface area contributed by atoms with E-state index in [-0.39, 0.29) is 14.1 Å². The first-order valence-corrected chi connectivity index (χ1v) is 9.96. The van der Waals surface area contributed by atoms with Crippen LogP contribution >= 0.6 is 0 Å². The van der Waals surface area contributed by atoms with Crippen molar-refractivity contribution in [2.45, 2.75) is 18.3 Å². The van der Waals surface area contributed by atoms with E-state index in [2.05, 4.69) is 33.5 Å². The molecule has 3 heterocycles. The molecule has 1 aliphatic heterocycles. The summed E-state index contributed by atoms with van der Waals surface area (Å²) in [5, 5.41) is 4.14. The van der Waals surface area contributed by atoms with E-state index in [1.165, 1.54) is 0 Å². The predicted molar refractivity (Wildman–Crippen MR) is 116 cm³/mol. The minimum Gasteiger partial charge on any atom is -0.454 e. The number of aromatic amines is 1. The molecule has 0 atom stereocenters. The monoisotopic (exact) mass is 399 g/mol. The van der Waals surface area contributed by atoms with Crippen molar-refractivity contribution in [3.8, 4) is 22.6 Å². The van der Waals surface area contributed by atoms with E-state index >= 15 is 0 Å². The van der Waals surface area contributed by atoms with Crippen molar-refractivity contribution in [2.75, 3.05) is 12.1 Å². The number of rotatable bonds is 4. The van der Waals surface area contributed by atoms with Crippen LogP contribution < -0.4 is 14.8 Å². The van der Waals surface area contributed by atoms with Crippen molar-refractivity contribution in [1.29, 1.82) is 0 Å². The largest absolute Gasteiger partial charge is 0.454 e. The van der Waals surface area contributed by atoms with Crippen LogP contribution in [0.4, 0.5) is 5.82 Å². The van der Waals surface area contributed by atoms with Gasteiger partial charge in [-0.1, -0.05) is 12.1 Å². The van der Waals surface area contributed by atoms with Crippen molar-refractivity contribution < 1.29 is 15.7 Å². The molecule has 0 saturated heterocycles. The number of ether oxygens (including phenoxy) is 2. The summed E-state index contributed by atoms with van der Waals surface area (Å²) in [7, 11) is 0. The summed E-state index contributed by atoms with van der Waals surface area (Å²) < 4.78 is 10.8. The topological polar surface area (TPSA) is 76.2 Å². The van der Waals surface area contributed by atoms with E-state index < -0.39 is 5.41 Å².